The van der Waals surface area contributed by atoms with E-state index in [1.807, 2.05) is 36.4 Å². The van der Waals surface area contributed by atoms with Gasteiger partial charge in [-0.05, 0) is 42.6 Å². The summed E-state index contributed by atoms with van der Waals surface area (Å²) in [6.07, 6.45) is 0.663. The molecule has 2 nitrogen and oxygen atoms in total. The number of hydrogen-bond donors (Lipinski definition) is 2. The van der Waals surface area contributed by atoms with Crippen molar-refractivity contribution in [3.63, 3.8) is 0 Å². The van der Waals surface area contributed by atoms with E-state index in [-0.39, 0.29) is 18.5 Å². The molecule has 2 aromatic rings. The van der Waals surface area contributed by atoms with Gasteiger partial charge >= 0.3 is 0 Å². The van der Waals surface area contributed by atoms with Gasteiger partial charge in [-0.25, -0.2) is 4.39 Å². The van der Waals surface area contributed by atoms with Crippen molar-refractivity contribution in [1.29, 1.82) is 0 Å². The maximum absolute atomic E-state index is 13.5. The van der Waals surface area contributed by atoms with E-state index in [0.717, 1.165) is 16.7 Å². The molecule has 0 fully saturated rings. The molecule has 2 aromatic carbocycles. The lowest BCUT2D eigenvalue weighted by molar-refractivity contribution is 0.281. The monoisotopic (exact) mass is 273 g/mol. The zero-order valence-electron chi connectivity index (χ0n) is 11.6. The Morgan fingerprint density at radius 3 is 2.70 bits per heavy atom. The first-order chi connectivity index (χ1) is 9.70. The molecule has 0 saturated carbocycles. The summed E-state index contributed by atoms with van der Waals surface area (Å²) < 4.78 is 13.5. The SMILES string of the molecule is CC(NCCc1ccccc1F)c1cccc(CO)c1. The van der Waals surface area contributed by atoms with Crippen molar-refractivity contribution < 1.29 is 9.50 Å². The standard InChI is InChI=1S/C17H20FNO/c1-13(16-7-4-5-14(11-16)12-20)19-10-9-15-6-2-3-8-17(15)18/h2-8,11,13,19-20H,9-10,12H2,1H3. The van der Waals surface area contributed by atoms with Gasteiger partial charge in [0.2, 0.25) is 0 Å². The Hall–Kier alpha value is -1.71. The second-order valence-corrected chi connectivity index (χ2v) is 4.92. The van der Waals surface area contributed by atoms with Gasteiger partial charge in [0.15, 0.2) is 0 Å². The molecular formula is C17H20FNO. The number of nitrogens with one attached hydrogen (secondary N) is 1. The van der Waals surface area contributed by atoms with Crippen LogP contribution < -0.4 is 5.32 Å². The van der Waals surface area contributed by atoms with Crippen molar-refractivity contribution >= 4 is 0 Å². The lowest BCUT2D eigenvalue weighted by Gasteiger charge is -2.15. The van der Waals surface area contributed by atoms with Crippen LogP contribution in [0.15, 0.2) is 48.5 Å². The Morgan fingerprint density at radius 2 is 1.95 bits per heavy atom. The van der Waals surface area contributed by atoms with E-state index in [0.29, 0.717) is 13.0 Å². The maximum atomic E-state index is 13.5. The summed E-state index contributed by atoms with van der Waals surface area (Å²) in [5, 5.41) is 12.5. The van der Waals surface area contributed by atoms with Crippen LogP contribution in [0.2, 0.25) is 0 Å². The summed E-state index contributed by atoms with van der Waals surface area (Å²) in [6.45, 7) is 2.83. The first-order valence-corrected chi connectivity index (χ1v) is 6.87. The summed E-state index contributed by atoms with van der Waals surface area (Å²) in [7, 11) is 0. The number of hydrogen-bond acceptors (Lipinski definition) is 2. The molecule has 3 heteroatoms. The number of benzene rings is 2. The summed E-state index contributed by atoms with van der Waals surface area (Å²) in [5.74, 6) is -0.149. The van der Waals surface area contributed by atoms with Crippen molar-refractivity contribution in [1.82, 2.24) is 5.32 Å². The predicted octanol–water partition coefficient (Wildman–Crippen LogP) is 3.21. The normalized spacial score (nSPS) is 12.3. The smallest absolute Gasteiger partial charge is 0.126 e. The predicted molar refractivity (Wildman–Crippen MR) is 78.9 cm³/mol. The zero-order chi connectivity index (χ0) is 14.4. The van der Waals surface area contributed by atoms with E-state index in [2.05, 4.69) is 12.2 Å². The molecule has 1 atom stereocenters. The van der Waals surface area contributed by atoms with Crippen LogP contribution in [0.5, 0.6) is 0 Å². The van der Waals surface area contributed by atoms with E-state index in [4.69, 9.17) is 5.11 Å². The molecule has 0 aliphatic heterocycles. The fraction of sp³-hybridized carbons (Fsp3) is 0.294. The van der Waals surface area contributed by atoms with Crippen molar-refractivity contribution in [3.05, 3.63) is 71.0 Å². The van der Waals surface area contributed by atoms with Gasteiger partial charge in [-0.15, -0.1) is 0 Å². The second-order valence-electron chi connectivity index (χ2n) is 4.92. The lowest BCUT2D eigenvalue weighted by atomic mass is 10.0. The third-order valence-corrected chi connectivity index (χ3v) is 3.44. The quantitative estimate of drug-likeness (QED) is 0.847. The number of rotatable bonds is 6. The Morgan fingerprint density at radius 1 is 1.15 bits per heavy atom. The number of aliphatic hydroxyl groups is 1. The van der Waals surface area contributed by atoms with Crippen LogP contribution in [0.3, 0.4) is 0 Å². The van der Waals surface area contributed by atoms with Crippen LogP contribution in [0, 0.1) is 5.82 Å². The average Bonchev–Trinajstić information content (AvgIpc) is 2.49. The zero-order valence-corrected chi connectivity index (χ0v) is 11.6. The molecule has 0 spiro atoms. The van der Waals surface area contributed by atoms with Gasteiger partial charge in [0.25, 0.3) is 0 Å². The minimum absolute atomic E-state index is 0.0514. The molecule has 0 saturated heterocycles. The first kappa shape index (κ1) is 14.7. The molecule has 1 unspecified atom stereocenters. The highest BCUT2D eigenvalue weighted by Crippen LogP contribution is 2.14. The summed E-state index contributed by atoms with van der Waals surface area (Å²) >= 11 is 0. The number of halogens is 1. The Balaban J connectivity index is 1.89. The fourth-order valence-electron chi connectivity index (χ4n) is 2.20. The molecule has 0 aromatic heterocycles. The van der Waals surface area contributed by atoms with Gasteiger partial charge < -0.3 is 10.4 Å². The lowest BCUT2D eigenvalue weighted by Crippen LogP contribution is -2.21. The van der Waals surface area contributed by atoms with Gasteiger partial charge in [0.05, 0.1) is 6.61 Å². The summed E-state index contributed by atoms with van der Waals surface area (Å²) in [4.78, 5) is 0. The first-order valence-electron chi connectivity index (χ1n) is 6.87. The van der Waals surface area contributed by atoms with Crippen LogP contribution in [-0.4, -0.2) is 11.7 Å². The van der Waals surface area contributed by atoms with E-state index in [9.17, 15) is 4.39 Å². The summed E-state index contributed by atoms with van der Waals surface area (Å²) in [6, 6.07) is 14.9. The van der Waals surface area contributed by atoms with Crippen LogP contribution in [0.4, 0.5) is 4.39 Å². The Bertz CT molecular complexity index is 556. The van der Waals surface area contributed by atoms with Crippen molar-refractivity contribution in [2.24, 2.45) is 0 Å². The van der Waals surface area contributed by atoms with E-state index in [1.165, 1.54) is 6.07 Å². The van der Waals surface area contributed by atoms with Crippen LogP contribution in [0.25, 0.3) is 0 Å². The van der Waals surface area contributed by atoms with Crippen molar-refractivity contribution in [2.75, 3.05) is 6.54 Å². The number of aliphatic hydroxyl groups excluding tert-OH is 1. The minimum atomic E-state index is -0.149. The molecule has 0 bridgehead atoms. The third kappa shape index (κ3) is 3.89. The minimum Gasteiger partial charge on any atom is -0.392 e. The molecule has 0 amide bonds. The fourth-order valence-corrected chi connectivity index (χ4v) is 2.20. The van der Waals surface area contributed by atoms with Crippen LogP contribution in [0.1, 0.15) is 29.7 Å². The van der Waals surface area contributed by atoms with Gasteiger partial charge in [-0.2, -0.15) is 0 Å². The van der Waals surface area contributed by atoms with E-state index < -0.39 is 0 Å². The van der Waals surface area contributed by atoms with Crippen LogP contribution >= 0.6 is 0 Å². The van der Waals surface area contributed by atoms with Gasteiger partial charge in [0, 0.05) is 6.04 Å². The van der Waals surface area contributed by atoms with Gasteiger partial charge in [0.1, 0.15) is 5.82 Å². The topological polar surface area (TPSA) is 32.3 Å². The molecule has 0 aliphatic rings. The molecule has 20 heavy (non-hydrogen) atoms. The Kier molecular flexibility index (Phi) is 5.27. The highest BCUT2D eigenvalue weighted by Gasteiger charge is 2.06. The second kappa shape index (κ2) is 7.17. The average molecular weight is 273 g/mol. The van der Waals surface area contributed by atoms with E-state index in [1.54, 1.807) is 6.07 Å². The largest absolute Gasteiger partial charge is 0.392 e. The van der Waals surface area contributed by atoms with Crippen molar-refractivity contribution in [2.45, 2.75) is 26.0 Å². The molecular weight excluding hydrogens is 253 g/mol. The highest BCUT2D eigenvalue weighted by molar-refractivity contribution is 5.25. The molecule has 2 N–H and O–H groups in total. The molecule has 106 valence electrons. The summed E-state index contributed by atoms with van der Waals surface area (Å²) in [5.41, 5.74) is 2.77. The van der Waals surface area contributed by atoms with Gasteiger partial charge in [-0.1, -0.05) is 42.5 Å². The molecule has 2 rings (SSSR count). The van der Waals surface area contributed by atoms with E-state index >= 15 is 0 Å². The molecule has 0 aliphatic carbocycles. The maximum Gasteiger partial charge on any atom is 0.126 e. The highest BCUT2D eigenvalue weighted by atomic mass is 19.1. The van der Waals surface area contributed by atoms with Crippen LogP contribution in [-0.2, 0) is 13.0 Å². The molecule has 0 radical (unpaired) electrons. The third-order valence-electron chi connectivity index (χ3n) is 3.44. The Labute approximate surface area is 119 Å². The van der Waals surface area contributed by atoms with Gasteiger partial charge in [-0.3, -0.25) is 0 Å². The van der Waals surface area contributed by atoms with Crippen molar-refractivity contribution in [3.8, 4) is 0 Å². The molecule has 0 heterocycles.